The van der Waals surface area contributed by atoms with E-state index in [0.29, 0.717) is 27.8 Å². The topological polar surface area (TPSA) is 104 Å². The van der Waals surface area contributed by atoms with Gasteiger partial charge in [0.15, 0.2) is 0 Å². The van der Waals surface area contributed by atoms with Gasteiger partial charge in [0.05, 0.1) is 24.4 Å². The summed E-state index contributed by atoms with van der Waals surface area (Å²) >= 11 is 12.5. The summed E-state index contributed by atoms with van der Waals surface area (Å²) in [4.78, 5) is 23.0. The number of carboxylic acid groups (broad SMARTS) is 1. The number of carboxylic acids is 1. The van der Waals surface area contributed by atoms with Gasteiger partial charge in [-0.3, -0.25) is 14.3 Å². The van der Waals surface area contributed by atoms with Crippen LogP contribution in [0.25, 0.3) is 33.6 Å². The van der Waals surface area contributed by atoms with E-state index in [1.54, 1.807) is 36.4 Å². The van der Waals surface area contributed by atoms with Crippen molar-refractivity contribution < 1.29 is 19.8 Å². The van der Waals surface area contributed by atoms with Crippen LogP contribution in [0.15, 0.2) is 97.1 Å². The minimum Gasteiger partial charge on any atom is -0.508 e. The maximum absolute atomic E-state index is 12.3. The number of hydrogen-bond donors (Lipinski definition) is 3. The van der Waals surface area contributed by atoms with Crippen LogP contribution >= 0.6 is 23.2 Å². The Morgan fingerprint density at radius 1 is 0.780 bits per heavy atom. The lowest BCUT2D eigenvalue weighted by molar-refractivity contribution is -0.136. The first-order chi connectivity index (χ1) is 19.7. The van der Waals surface area contributed by atoms with Crippen molar-refractivity contribution in [3.05, 3.63) is 118 Å². The molecule has 206 valence electrons. The smallest absolute Gasteiger partial charge is 0.305 e. The Hall–Kier alpha value is -4.59. The lowest BCUT2D eigenvalue weighted by Gasteiger charge is -2.10. The first-order valence-corrected chi connectivity index (χ1v) is 13.5. The normalized spacial score (nSPS) is 10.9. The van der Waals surface area contributed by atoms with Crippen LogP contribution in [-0.4, -0.2) is 38.4 Å². The van der Waals surface area contributed by atoms with Crippen LogP contribution in [0.3, 0.4) is 0 Å². The summed E-state index contributed by atoms with van der Waals surface area (Å²) in [5.74, 6) is -1.09. The summed E-state index contributed by atoms with van der Waals surface area (Å²) in [5, 5.41) is 27.1. The molecule has 1 heterocycles. The molecule has 7 nitrogen and oxygen atoms in total. The molecule has 4 aromatic carbocycles. The number of aliphatic carboxylic acids is 1. The van der Waals surface area contributed by atoms with Crippen molar-refractivity contribution in [1.82, 2.24) is 15.1 Å². The Kier molecular flexibility index (Phi) is 8.38. The highest BCUT2D eigenvalue weighted by Gasteiger charge is 2.14. The zero-order valence-corrected chi connectivity index (χ0v) is 23.2. The fraction of sp³-hybridized carbons (Fsp3) is 0.0938. The molecule has 41 heavy (non-hydrogen) atoms. The fourth-order valence-corrected chi connectivity index (χ4v) is 4.98. The van der Waals surface area contributed by atoms with Gasteiger partial charge in [0.2, 0.25) is 0 Å². The number of nitrogens with one attached hydrogen (secondary N) is 1. The van der Waals surface area contributed by atoms with Gasteiger partial charge >= 0.3 is 5.97 Å². The number of halogens is 2. The van der Waals surface area contributed by atoms with E-state index >= 15 is 0 Å². The average molecular weight is 586 g/mol. The Balaban J connectivity index is 1.45. The number of hydrogen-bond acceptors (Lipinski definition) is 4. The highest BCUT2D eigenvalue weighted by molar-refractivity contribution is 6.35. The summed E-state index contributed by atoms with van der Waals surface area (Å²) in [7, 11) is 0. The largest absolute Gasteiger partial charge is 0.508 e. The molecule has 0 aliphatic rings. The summed E-state index contributed by atoms with van der Waals surface area (Å²) < 4.78 is 1.88. The van der Waals surface area contributed by atoms with Crippen molar-refractivity contribution in [3.63, 3.8) is 0 Å². The van der Waals surface area contributed by atoms with Gasteiger partial charge in [-0.05, 0) is 70.8 Å². The number of benzene rings is 4. The minimum atomic E-state index is -0.968. The molecule has 5 aromatic rings. The molecule has 0 bridgehead atoms. The standard InChI is InChI=1S/C32H25Cl2N3O4/c33-26-14-25(15-27(34)17-26)29-18-30(22-10-8-21(9-11-22)24-2-1-3-28(38)16-24)37(36-29)19-20-4-6-23(7-5-20)32(41)35-13-12-31(39)40/h1-11,14-18,38H,12-13,19H2,(H,35,41)(H,39,40). The molecule has 3 N–H and O–H groups in total. The summed E-state index contributed by atoms with van der Waals surface area (Å²) in [6.07, 6.45) is -0.138. The Bertz CT molecular complexity index is 1690. The number of rotatable bonds is 9. The number of nitrogens with zero attached hydrogens (tertiary/aromatic N) is 2. The van der Waals surface area contributed by atoms with Crippen molar-refractivity contribution >= 4 is 35.1 Å². The van der Waals surface area contributed by atoms with E-state index in [0.717, 1.165) is 33.5 Å². The van der Waals surface area contributed by atoms with Crippen molar-refractivity contribution in [3.8, 4) is 39.4 Å². The van der Waals surface area contributed by atoms with E-state index in [2.05, 4.69) is 5.32 Å². The van der Waals surface area contributed by atoms with Gasteiger partial charge in [0.25, 0.3) is 5.91 Å². The first-order valence-electron chi connectivity index (χ1n) is 12.8. The third kappa shape index (κ3) is 6.95. The predicted octanol–water partition coefficient (Wildman–Crippen LogP) is 7.15. The monoisotopic (exact) mass is 585 g/mol. The van der Waals surface area contributed by atoms with Gasteiger partial charge in [0, 0.05) is 27.7 Å². The van der Waals surface area contributed by atoms with Crippen LogP contribution in [0.4, 0.5) is 0 Å². The van der Waals surface area contributed by atoms with Gasteiger partial charge in [0.1, 0.15) is 5.75 Å². The molecule has 0 unspecified atom stereocenters. The second-order valence-corrected chi connectivity index (χ2v) is 10.3. The second-order valence-electron chi connectivity index (χ2n) is 9.45. The van der Waals surface area contributed by atoms with Crippen molar-refractivity contribution in [1.29, 1.82) is 0 Å². The van der Waals surface area contributed by atoms with Crippen LogP contribution in [-0.2, 0) is 11.3 Å². The Labute approximate surface area is 246 Å². The highest BCUT2D eigenvalue weighted by Crippen LogP contribution is 2.32. The molecular weight excluding hydrogens is 561 g/mol. The summed E-state index contributed by atoms with van der Waals surface area (Å²) in [6.45, 7) is 0.492. The van der Waals surface area contributed by atoms with Crippen molar-refractivity contribution in [2.24, 2.45) is 0 Å². The predicted molar refractivity (Wildman–Crippen MR) is 160 cm³/mol. The van der Waals surface area contributed by atoms with E-state index in [9.17, 15) is 14.7 Å². The second kappa shape index (κ2) is 12.3. The third-order valence-corrected chi connectivity index (χ3v) is 6.91. The molecule has 0 aliphatic carbocycles. The molecule has 0 fully saturated rings. The van der Waals surface area contributed by atoms with Crippen molar-refractivity contribution in [2.45, 2.75) is 13.0 Å². The van der Waals surface area contributed by atoms with E-state index in [-0.39, 0.29) is 24.6 Å². The lowest BCUT2D eigenvalue weighted by atomic mass is 10.0. The molecule has 1 aromatic heterocycles. The number of aromatic hydroxyl groups is 1. The maximum atomic E-state index is 12.3. The highest BCUT2D eigenvalue weighted by atomic mass is 35.5. The number of carbonyl (C=O) groups is 2. The number of amides is 1. The van der Waals surface area contributed by atoms with Crippen molar-refractivity contribution in [2.75, 3.05) is 6.54 Å². The average Bonchev–Trinajstić information content (AvgIpc) is 3.36. The molecule has 0 atom stereocenters. The van der Waals surface area contributed by atoms with Gasteiger partial charge < -0.3 is 15.5 Å². The molecule has 0 spiro atoms. The molecular formula is C32H25Cl2N3O4. The third-order valence-electron chi connectivity index (χ3n) is 6.47. The molecule has 0 aliphatic heterocycles. The van der Waals surface area contributed by atoms with E-state index < -0.39 is 5.97 Å². The maximum Gasteiger partial charge on any atom is 0.305 e. The molecule has 0 saturated heterocycles. The van der Waals surface area contributed by atoms with Crippen LogP contribution in [0, 0.1) is 0 Å². The first kappa shape index (κ1) is 28.0. The lowest BCUT2D eigenvalue weighted by Crippen LogP contribution is -2.25. The van der Waals surface area contributed by atoms with Gasteiger partial charge in [-0.15, -0.1) is 0 Å². The quantitative estimate of drug-likeness (QED) is 0.170. The zero-order chi connectivity index (χ0) is 28.9. The molecule has 0 radical (unpaired) electrons. The van der Waals surface area contributed by atoms with Crippen LogP contribution in [0.1, 0.15) is 22.3 Å². The van der Waals surface area contributed by atoms with Gasteiger partial charge in [-0.1, -0.05) is 71.7 Å². The molecule has 9 heteroatoms. The van der Waals surface area contributed by atoms with Crippen LogP contribution in [0.5, 0.6) is 5.75 Å². The van der Waals surface area contributed by atoms with E-state index in [1.807, 2.05) is 65.3 Å². The Morgan fingerprint density at radius 2 is 1.46 bits per heavy atom. The number of aromatic nitrogens is 2. The Morgan fingerprint density at radius 3 is 2.12 bits per heavy atom. The summed E-state index contributed by atoms with van der Waals surface area (Å²) in [5.41, 5.74) is 6.54. The fourth-order valence-electron chi connectivity index (χ4n) is 4.45. The van der Waals surface area contributed by atoms with Gasteiger partial charge in [-0.2, -0.15) is 5.10 Å². The van der Waals surface area contributed by atoms with E-state index in [1.165, 1.54) is 0 Å². The number of phenols is 1. The molecule has 5 rings (SSSR count). The minimum absolute atomic E-state index is 0.0626. The molecule has 1 amide bonds. The summed E-state index contributed by atoms with van der Waals surface area (Å²) in [6, 6.07) is 29.5. The van der Waals surface area contributed by atoms with E-state index in [4.69, 9.17) is 33.4 Å². The SMILES string of the molecule is O=C(O)CCNC(=O)c1ccc(Cn2nc(-c3cc(Cl)cc(Cl)c3)cc2-c2ccc(-c3cccc(O)c3)cc2)cc1. The van der Waals surface area contributed by atoms with Gasteiger partial charge in [-0.25, -0.2) is 0 Å². The number of phenolic OH excluding ortho intramolecular Hbond substituents is 1. The number of carbonyl (C=O) groups excluding carboxylic acids is 1. The zero-order valence-electron chi connectivity index (χ0n) is 21.7. The molecule has 0 saturated carbocycles. The van der Waals surface area contributed by atoms with Crippen LogP contribution in [0.2, 0.25) is 10.0 Å². The van der Waals surface area contributed by atoms with Crippen LogP contribution < -0.4 is 5.32 Å².